The summed E-state index contributed by atoms with van der Waals surface area (Å²) in [7, 11) is 3.62. The number of rotatable bonds is 4. The number of piperazine rings is 1. The van der Waals surface area contributed by atoms with Gasteiger partial charge in [-0.25, -0.2) is 4.68 Å². The molecule has 2 heterocycles. The SMILES string of the molecule is COc1ccccc1-c1ccc(=O)n(CC(=O)N2CCN(C)CC2)n1. The molecule has 1 aliphatic heterocycles. The lowest BCUT2D eigenvalue weighted by atomic mass is 10.1. The highest BCUT2D eigenvalue weighted by molar-refractivity contribution is 5.76. The van der Waals surface area contributed by atoms with Crippen molar-refractivity contribution in [1.82, 2.24) is 19.6 Å². The first kappa shape index (κ1) is 17.2. The molecule has 1 fully saturated rings. The summed E-state index contributed by atoms with van der Waals surface area (Å²) in [5, 5.41) is 4.37. The molecular weight excluding hydrogens is 320 g/mol. The van der Waals surface area contributed by atoms with Crippen LogP contribution in [0.2, 0.25) is 0 Å². The van der Waals surface area contributed by atoms with E-state index in [1.807, 2.05) is 31.3 Å². The molecule has 1 saturated heterocycles. The third-order valence-corrected chi connectivity index (χ3v) is 4.39. The minimum Gasteiger partial charge on any atom is -0.496 e. The van der Waals surface area contributed by atoms with Crippen LogP contribution in [0, 0.1) is 0 Å². The van der Waals surface area contributed by atoms with Crippen molar-refractivity contribution in [3.05, 3.63) is 46.8 Å². The van der Waals surface area contributed by atoms with Gasteiger partial charge in [-0.2, -0.15) is 5.10 Å². The first-order valence-electron chi connectivity index (χ1n) is 8.26. The number of nitrogens with zero attached hydrogens (tertiary/aromatic N) is 4. The van der Waals surface area contributed by atoms with Crippen LogP contribution in [0.5, 0.6) is 5.75 Å². The molecule has 1 aliphatic rings. The van der Waals surface area contributed by atoms with Crippen LogP contribution in [0.1, 0.15) is 0 Å². The Morgan fingerprint density at radius 2 is 1.84 bits per heavy atom. The molecule has 2 aromatic rings. The van der Waals surface area contributed by atoms with E-state index in [1.165, 1.54) is 10.7 Å². The van der Waals surface area contributed by atoms with Crippen molar-refractivity contribution in [2.45, 2.75) is 6.54 Å². The Labute approximate surface area is 146 Å². The molecule has 0 unspecified atom stereocenters. The highest BCUT2D eigenvalue weighted by Crippen LogP contribution is 2.27. The topological polar surface area (TPSA) is 67.7 Å². The number of hydrogen-bond donors (Lipinski definition) is 0. The van der Waals surface area contributed by atoms with Crippen LogP contribution in [0.15, 0.2) is 41.2 Å². The van der Waals surface area contributed by atoms with Crippen molar-refractivity contribution in [2.24, 2.45) is 0 Å². The number of ether oxygens (including phenoxy) is 1. The van der Waals surface area contributed by atoms with E-state index in [4.69, 9.17) is 4.74 Å². The third kappa shape index (κ3) is 3.88. The number of carbonyl (C=O) groups excluding carboxylic acids is 1. The maximum absolute atomic E-state index is 12.5. The smallest absolute Gasteiger partial charge is 0.267 e. The molecule has 1 aromatic carbocycles. The second-order valence-corrected chi connectivity index (χ2v) is 6.10. The van der Waals surface area contributed by atoms with E-state index in [9.17, 15) is 9.59 Å². The average molecular weight is 342 g/mol. The molecule has 0 saturated carbocycles. The number of aromatic nitrogens is 2. The second-order valence-electron chi connectivity index (χ2n) is 6.10. The minimum absolute atomic E-state index is 0.0501. The summed E-state index contributed by atoms with van der Waals surface area (Å²) in [6.45, 7) is 2.99. The van der Waals surface area contributed by atoms with Gasteiger partial charge in [0, 0.05) is 37.8 Å². The minimum atomic E-state index is -0.291. The lowest BCUT2D eigenvalue weighted by Crippen LogP contribution is -2.48. The number of amides is 1. The van der Waals surface area contributed by atoms with Gasteiger partial charge in [0.15, 0.2) is 0 Å². The number of para-hydroxylation sites is 1. The Hall–Kier alpha value is -2.67. The molecule has 25 heavy (non-hydrogen) atoms. The second kappa shape index (κ2) is 7.48. The van der Waals surface area contributed by atoms with Crippen molar-refractivity contribution >= 4 is 5.91 Å². The van der Waals surface area contributed by atoms with Crippen LogP contribution in [-0.2, 0) is 11.3 Å². The molecule has 0 N–H and O–H groups in total. The van der Waals surface area contributed by atoms with Gasteiger partial charge in [-0.1, -0.05) is 12.1 Å². The van der Waals surface area contributed by atoms with Gasteiger partial charge >= 0.3 is 0 Å². The lowest BCUT2D eigenvalue weighted by Gasteiger charge is -2.32. The third-order valence-electron chi connectivity index (χ3n) is 4.39. The van der Waals surface area contributed by atoms with Crippen LogP contribution in [0.25, 0.3) is 11.3 Å². The quantitative estimate of drug-likeness (QED) is 0.818. The molecule has 7 heteroatoms. The van der Waals surface area contributed by atoms with Crippen LogP contribution in [0.4, 0.5) is 0 Å². The van der Waals surface area contributed by atoms with Gasteiger partial charge in [0.25, 0.3) is 5.56 Å². The zero-order valence-electron chi connectivity index (χ0n) is 14.5. The fourth-order valence-corrected chi connectivity index (χ4v) is 2.85. The Morgan fingerprint density at radius 3 is 2.56 bits per heavy atom. The first-order chi connectivity index (χ1) is 12.1. The van der Waals surface area contributed by atoms with E-state index in [0.717, 1.165) is 18.7 Å². The molecule has 7 nitrogen and oxygen atoms in total. The van der Waals surface area contributed by atoms with Gasteiger partial charge in [0.1, 0.15) is 12.3 Å². The van der Waals surface area contributed by atoms with Gasteiger partial charge in [-0.15, -0.1) is 0 Å². The summed E-state index contributed by atoms with van der Waals surface area (Å²) >= 11 is 0. The highest BCUT2D eigenvalue weighted by atomic mass is 16.5. The van der Waals surface area contributed by atoms with E-state index < -0.39 is 0 Å². The largest absolute Gasteiger partial charge is 0.496 e. The summed E-state index contributed by atoms with van der Waals surface area (Å²) in [5.74, 6) is 0.588. The standard InChI is InChI=1S/C18H22N4O3/c1-20-9-11-21(12-10-20)18(24)13-22-17(23)8-7-15(19-22)14-5-3-4-6-16(14)25-2/h3-8H,9-13H2,1-2H3. The zero-order valence-corrected chi connectivity index (χ0v) is 14.5. The van der Waals surface area contributed by atoms with E-state index in [-0.39, 0.29) is 18.0 Å². The van der Waals surface area contributed by atoms with Gasteiger partial charge < -0.3 is 14.5 Å². The van der Waals surface area contributed by atoms with Crippen molar-refractivity contribution in [2.75, 3.05) is 40.3 Å². The number of likely N-dealkylation sites (N-methyl/N-ethyl adjacent to an activating group) is 1. The fourth-order valence-electron chi connectivity index (χ4n) is 2.85. The Bertz CT molecular complexity index is 810. The monoisotopic (exact) mass is 342 g/mol. The Balaban J connectivity index is 1.82. The van der Waals surface area contributed by atoms with Gasteiger partial charge in [0.05, 0.1) is 12.8 Å². The van der Waals surface area contributed by atoms with Crippen LogP contribution in [0.3, 0.4) is 0 Å². The predicted molar refractivity (Wildman–Crippen MR) is 94.6 cm³/mol. The Morgan fingerprint density at radius 1 is 1.12 bits per heavy atom. The summed E-state index contributed by atoms with van der Waals surface area (Å²) in [6, 6.07) is 10.5. The summed E-state index contributed by atoms with van der Waals surface area (Å²) < 4.78 is 6.57. The van der Waals surface area contributed by atoms with Crippen LogP contribution < -0.4 is 10.3 Å². The number of hydrogen-bond acceptors (Lipinski definition) is 5. The zero-order chi connectivity index (χ0) is 17.8. The fraction of sp³-hybridized carbons (Fsp3) is 0.389. The van der Waals surface area contributed by atoms with Crippen LogP contribution >= 0.6 is 0 Å². The maximum Gasteiger partial charge on any atom is 0.267 e. The molecule has 0 atom stereocenters. The van der Waals surface area contributed by atoms with Crippen molar-refractivity contribution < 1.29 is 9.53 Å². The molecule has 3 rings (SSSR count). The summed E-state index contributed by atoms with van der Waals surface area (Å²) in [5.41, 5.74) is 1.09. The van der Waals surface area contributed by atoms with Crippen molar-refractivity contribution in [3.63, 3.8) is 0 Å². The number of benzene rings is 1. The predicted octanol–water partition coefficient (Wildman–Crippen LogP) is 0.693. The van der Waals surface area contributed by atoms with E-state index in [0.29, 0.717) is 24.5 Å². The molecular formula is C18H22N4O3. The molecule has 0 spiro atoms. The lowest BCUT2D eigenvalue weighted by molar-refractivity contribution is -0.133. The molecule has 1 amide bonds. The van der Waals surface area contributed by atoms with Crippen LogP contribution in [-0.4, -0.2) is 65.8 Å². The molecule has 1 aromatic heterocycles. The average Bonchev–Trinajstić information content (AvgIpc) is 2.64. The van der Waals surface area contributed by atoms with Crippen molar-refractivity contribution in [1.29, 1.82) is 0 Å². The summed E-state index contributed by atoms with van der Waals surface area (Å²) in [4.78, 5) is 28.6. The molecule has 132 valence electrons. The van der Waals surface area contributed by atoms with Gasteiger partial charge in [-0.3, -0.25) is 9.59 Å². The van der Waals surface area contributed by atoms with E-state index in [2.05, 4.69) is 10.00 Å². The van der Waals surface area contributed by atoms with Crippen molar-refractivity contribution in [3.8, 4) is 17.0 Å². The Kier molecular flexibility index (Phi) is 5.14. The van der Waals surface area contributed by atoms with Gasteiger partial charge in [-0.05, 0) is 25.2 Å². The van der Waals surface area contributed by atoms with Gasteiger partial charge in [0.2, 0.25) is 5.91 Å². The number of carbonyl (C=O) groups is 1. The first-order valence-corrected chi connectivity index (χ1v) is 8.26. The highest BCUT2D eigenvalue weighted by Gasteiger charge is 2.20. The summed E-state index contributed by atoms with van der Waals surface area (Å²) in [6.07, 6.45) is 0. The molecule has 0 aliphatic carbocycles. The van der Waals surface area contributed by atoms with E-state index >= 15 is 0 Å². The number of methoxy groups -OCH3 is 1. The maximum atomic E-state index is 12.5. The van der Waals surface area contributed by atoms with E-state index in [1.54, 1.807) is 18.1 Å². The normalized spacial score (nSPS) is 15.2. The molecule has 0 bridgehead atoms. The molecule has 0 radical (unpaired) electrons.